The lowest BCUT2D eigenvalue weighted by Crippen LogP contribution is -2.31. The van der Waals surface area contributed by atoms with Crippen LogP contribution in [0.4, 0.5) is 10.5 Å². The van der Waals surface area contributed by atoms with Gasteiger partial charge < -0.3 is 0 Å². The number of nitrogens with zero attached hydrogens (tertiary/aromatic N) is 2. The Morgan fingerprint density at radius 3 is 2.38 bits per heavy atom. The van der Waals surface area contributed by atoms with Crippen LogP contribution in [-0.4, -0.2) is 22.8 Å². The van der Waals surface area contributed by atoms with Gasteiger partial charge in [-0.1, -0.05) is 0 Å². The molecule has 4 amide bonds. The minimum atomic E-state index is -0.912. The van der Waals surface area contributed by atoms with Gasteiger partial charge >= 0.3 is 17.8 Å². The van der Waals surface area contributed by atoms with Crippen molar-refractivity contribution in [3.05, 3.63) is 23.5 Å². The summed E-state index contributed by atoms with van der Waals surface area (Å²) in [5.74, 6) is -1.79. The quantitative estimate of drug-likeness (QED) is 0.543. The maximum absolute atomic E-state index is 11.4. The molecule has 1 aliphatic rings. The fourth-order valence-electron chi connectivity index (χ4n) is 1.53. The third kappa shape index (κ3) is 1.44. The van der Waals surface area contributed by atoms with Crippen molar-refractivity contribution >= 4 is 23.5 Å². The molecule has 0 aromatic carbocycles. The van der Waals surface area contributed by atoms with Gasteiger partial charge in [-0.3, -0.25) is 19.9 Å². The van der Waals surface area contributed by atoms with E-state index >= 15 is 0 Å². The zero-order valence-corrected chi connectivity index (χ0v) is 8.77. The van der Waals surface area contributed by atoms with Crippen molar-refractivity contribution in [3.63, 3.8) is 0 Å². The van der Waals surface area contributed by atoms with Gasteiger partial charge in [0.2, 0.25) is 0 Å². The zero-order valence-electron chi connectivity index (χ0n) is 8.77. The highest BCUT2D eigenvalue weighted by atomic mass is 16.2. The number of carbonyl (C=O) groups is 3. The number of imide groups is 2. The van der Waals surface area contributed by atoms with E-state index in [1.54, 1.807) is 26.0 Å². The summed E-state index contributed by atoms with van der Waals surface area (Å²) < 4.78 is 0. The van der Waals surface area contributed by atoms with Crippen molar-refractivity contribution in [3.8, 4) is 0 Å². The lowest BCUT2D eigenvalue weighted by atomic mass is 10.2. The number of nitrogens with one attached hydrogen (secondary N) is 1. The Morgan fingerprint density at radius 2 is 1.88 bits per heavy atom. The van der Waals surface area contributed by atoms with Crippen LogP contribution in [0, 0.1) is 13.8 Å². The summed E-state index contributed by atoms with van der Waals surface area (Å²) in [6.45, 7) is 3.47. The van der Waals surface area contributed by atoms with Crippen LogP contribution in [0.1, 0.15) is 11.4 Å². The molecule has 0 bridgehead atoms. The second-order valence-electron chi connectivity index (χ2n) is 3.46. The van der Waals surface area contributed by atoms with Crippen LogP contribution in [0.2, 0.25) is 0 Å². The van der Waals surface area contributed by atoms with E-state index in [4.69, 9.17) is 0 Å². The van der Waals surface area contributed by atoms with Gasteiger partial charge in [0.1, 0.15) is 0 Å². The Morgan fingerprint density at radius 1 is 1.19 bits per heavy atom. The fraction of sp³-hybridized carbons (Fsp3) is 0.200. The molecule has 2 rings (SSSR count). The Kier molecular flexibility index (Phi) is 2.19. The SMILES string of the molecule is Cc1ccc(N2C(=O)NC(=O)C2=O)c(C)n1. The highest BCUT2D eigenvalue weighted by Crippen LogP contribution is 2.21. The molecule has 1 fully saturated rings. The third-order valence-corrected chi connectivity index (χ3v) is 2.26. The van der Waals surface area contributed by atoms with E-state index in [1.807, 2.05) is 5.32 Å². The highest BCUT2D eigenvalue weighted by molar-refractivity contribution is 6.53. The summed E-state index contributed by atoms with van der Waals surface area (Å²) in [7, 11) is 0. The predicted molar refractivity (Wildman–Crippen MR) is 54.7 cm³/mol. The first-order valence-corrected chi connectivity index (χ1v) is 4.64. The number of rotatable bonds is 1. The minimum Gasteiger partial charge on any atom is -0.269 e. The van der Waals surface area contributed by atoms with E-state index in [-0.39, 0.29) is 0 Å². The number of hydrogen-bond donors (Lipinski definition) is 1. The van der Waals surface area contributed by atoms with E-state index in [1.165, 1.54) is 0 Å². The van der Waals surface area contributed by atoms with E-state index < -0.39 is 17.8 Å². The largest absolute Gasteiger partial charge is 0.336 e. The predicted octanol–water partition coefficient (Wildman–Crippen LogP) is 0.281. The molecule has 0 saturated carbocycles. The summed E-state index contributed by atoms with van der Waals surface area (Å²) >= 11 is 0. The molecule has 1 aromatic heterocycles. The van der Waals surface area contributed by atoms with Crippen LogP contribution in [0.3, 0.4) is 0 Å². The maximum atomic E-state index is 11.4. The molecular formula is C10H9N3O3. The second kappa shape index (κ2) is 3.41. The highest BCUT2D eigenvalue weighted by Gasteiger charge is 2.38. The van der Waals surface area contributed by atoms with E-state index in [0.29, 0.717) is 11.4 Å². The Hall–Kier alpha value is -2.24. The van der Waals surface area contributed by atoms with Crippen molar-refractivity contribution in [1.29, 1.82) is 0 Å². The lowest BCUT2D eigenvalue weighted by Gasteiger charge is -2.13. The van der Waals surface area contributed by atoms with Gasteiger partial charge in [0, 0.05) is 5.69 Å². The molecule has 6 nitrogen and oxygen atoms in total. The normalized spacial score (nSPS) is 15.6. The molecule has 1 aliphatic heterocycles. The first kappa shape index (κ1) is 10.3. The molecule has 1 saturated heterocycles. The molecule has 82 valence electrons. The van der Waals surface area contributed by atoms with E-state index in [2.05, 4.69) is 4.98 Å². The number of anilines is 1. The van der Waals surface area contributed by atoms with E-state index in [9.17, 15) is 14.4 Å². The lowest BCUT2D eigenvalue weighted by molar-refractivity contribution is -0.134. The summed E-state index contributed by atoms with van der Waals surface area (Å²) in [6.07, 6.45) is 0. The first-order chi connectivity index (χ1) is 7.50. The summed E-state index contributed by atoms with van der Waals surface area (Å²) in [5, 5.41) is 1.93. The Labute approximate surface area is 91.3 Å². The zero-order chi connectivity index (χ0) is 11.9. The van der Waals surface area contributed by atoms with Gasteiger partial charge in [-0.2, -0.15) is 0 Å². The molecule has 6 heteroatoms. The summed E-state index contributed by atoms with van der Waals surface area (Å²) in [5.41, 5.74) is 1.64. The van der Waals surface area contributed by atoms with Gasteiger partial charge in [0.15, 0.2) is 0 Å². The number of hydrogen-bond acceptors (Lipinski definition) is 4. The molecule has 0 unspecified atom stereocenters. The molecule has 0 aliphatic carbocycles. The van der Waals surface area contributed by atoms with Gasteiger partial charge in [-0.05, 0) is 26.0 Å². The van der Waals surface area contributed by atoms with Crippen LogP contribution in [0.25, 0.3) is 0 Å². The van der Waals surface area contributed by atoms with Crippen molar-refractivity contribution in [1.82, 2.24) is 10.3 Å². The Balaban J connectivity index is 2.48. The van der Waals surface area contributed by atoms with Gasteiger partial charge in [0.25, 0.3) is 0 Å². The summed E-state index contributed by atoms with van der Waals surface area (Å²) in [4.78, 5) is 38.7. The van der Waals surface area contributed by atoms with Crippen molar-refractivity contribution in [2.24, 2.45) is 0 Å². The topological polar surface area (TPSA) is 79.4 Å². The molecule has 2 heterocycles. The van der Waals surface area contributed by atoms with Crippen LogP contribution in [0.5, 0.6) is 0 Å². The number of amides is 4. The average molecular weight is 219 g/mol. The third-order valence-electron chi connectivity index (χ3n) is 2.26. The van der Waals surface area contributed by atoms with Crippen LogP contribution < -0.4 is 10.2 Å². The number of aryl methyl sites for hydroxylation is 2. The molecule has 0 radical (unpaired) electrons. The monoisotopic (exact) mass is 219 g/mol. The smallest absolute Gasteiger partial charge is 0.269 e. The maximum Gasteiger partial charge on any atom is 0.336 e. The average Bonchev–Trinajstić information content (AvgIpc) is 2.43. The fourth-order valence-corrected chi connectivity index (χ4v) is 1.53. The molecule has 0 spiro atoms. The van der Waals surface area contributed by atoms with Crippen LogP contribution >= 0.6 is 0 Å². The van der Waals surface area contributed by atoms with Crippen LogP contribution in [0.15, 0.2) is 12.1 Å². The standard InChI is InChI=1S/C10H9N3O3/c1-5-3-4-7(6(2)11-5)13-9(15)8(14)12-10(13)16/h3-4H,1-2H3,(H,12,14,16). The minimum absolute atomic E-state index is 0.332. The summed E-state index contributed by atoms with van der Waals surface area (Å²) in [6, 6.07) is 2.53. The van der Waals surface area contributed by atoms with Crippen molar-refractivity contribution in [2.75, 3.05) is 4.90 Å². The second-order valence-corrected chi connectivity index (χ2v) is 3.46. The van der Waals surface area contributed by atoms with Crippen molar-refractivity contribution in [2.45, 2.75) is 13.8 Å². The number of urea groups is 1. The van der Waals surface area contributed by atoms with Gasteiger partial charge in [-0.15, -0.1) is 0 Å². The van der Waals surface area contributed by atoms with Crippen molar-refractivity contribution < 1.29 is 14.4 Å². The molecule has 1 N–H and O–H groups in total. The Bertz CT molecular complexity index is 510. The molecule has 0 atom stereocenters. The molecular weight excluding hydrogens is 210 g/mol. The van der Waals surface area contributed by atoms with Crippen LogP contribution in [-0.2, 0) is 9.59 Å². The van der Waals surface area contributed by atoms with Gasteiger partial charge in [0.05, 0.1) is 11.4 Å². The number of pyridine rings is 1. The van der Waals surface area contributed by atoms with Gasteiger partial charge in [-0.25, -0.2) is 9.69 Å². The molecule has 16 heavy (non-hydrogen) atoms. The number of aromatic nitrogens is 1. The van der Waals surface area contributed by atoms with E-state index in [0.717, 1.165) is 10.6 Å². The first-order valence-electron chi connectivity index (χ1n) is 4.64. The number of carbonyl (C=O) groups excluding carboxylic acids is 3. The molecule has 1 aromatic rings.